The highest BCUT2D eigenvalue weighted by atomic mass is 19.4. The molecule has 0 aromatic rings. The molecule has 126 valence electrons. The molecule has 0 aromatic heterocycles. The lowest BCUT2D eigenvalue weighted by Crippen LogP contribution is -2.24. The standard InChI is InChI=1S/C13H23F3O5/c1-7-8-17-10(20-21-13(14,15)16)11(18-9(2)3)19-12(4,5)6/h9H,7-8H2,1-6H3. The second-order valence-electron chi connectivity index (χ2n) is 5.42. The molecule has 0 radical (unpaired) electrons. The molecular weight excluding hydrogens is 293 g/mol. The molecule has 8 heteroatoms. The summed E-state index contributed by atoms with van der Waals surface area (Å²) in [5, 5.41) is 0. The molecule has 0 spiro atoms. The third kappa shape index (κ3) is 11.1. The molecule has 0 saturated heterocycles. The van der Waals surface area contributed by atoms with Crippen molar-refractivity contribution in [3.05, 3.63) is 11.9 Å². The lowest BCUT2D eigenvalue weighted by atomic mass is 10.2. The second-order valence-corrected chi connectivity index (χ2v) is 5.42. The first-order valence-electron chi connectivity index (χ1n) is 6.59. The van der Waals surface area contributed by atoms with E-state index >= 15 is 0 Å². The van der Waals surface area contributed by atoms with Crippen molar-refractivity contribution in [3.63, 3.8) is 0 Å². The number of rotatable bonds is 8. The predicted octanol–water partition coefficient (Wildman–Crippen LogP) is 4.25. The summed E-state index contributed by atoms with van der Waals surface area (Å²) in [6.07, 6.45) is -4.76. The Morgan fingerprint density at radius 1 is 1.05 bits per heavy atom. The van der Waals surface area contributed by atoms with Crippen molar-refractivity contribution in [1.82, 2.24) is 0 Å². The van der Waals surface area contributed by atoms with Gasteiger partial charge in [0.1, 0.15) is 5.60 Å². The molecular formula is C13H23F3O5. The van der Waals surface area contributed by atoms with Crippen LogP contribution < -0.4 is 0 Å². The zero-order valence-electron chi connectivity index (χ0n) is 13.2. The molecule has 0 unspecified atom stereocenters. The molecule has 0 atom stereocenters. The van der Waals surface area contributed by atoms with Gasteiger partial charge in [0.25, 0.3) is 0 Å². The molecule has 0 N–H and O–H groups in total. The molecule has 0 heterocycles. The number of halogens is 3. The van der Waals surface area contributed by atoms with Crippen molar-refractivity contribution in [2.45, 2.75) is 66.0 Å². The van der Waals surface area contributed by atoms with Gasteiger partial charge in [-0.3, -0.25) is 4.89 Å². The zero-order valence-corrected chi connectivity index (χ0v) is 13.2. The quantitative estimate of drug-likeness (QED) is 0.380. The Hall–Kier alpha value is -1.31. The third-order valence-corrected chi connectivity index (χ3v) is 1.56. The zero-order chi connectivity index (χ0) is 16.7. The van der Waals surface area contributed by atoms with Crippen molar-refractivity contribution >= 4 is 0 Å². The van der Waals surface area contributed by atoms with Crippen LogP contribution in [-0.2, 0) is 24.0 Å². The fourth-order valence-electron chi connectivity index (χ4n) is 1.00. The van der Waals surface area contributed by atoms with E-state index in [1.165, 1.54) is 0 Å². The summed E-state index contributed by atoms with van der Waals surface area (Å²) in [4.78, 5) is 7.52. The average molecular weight is 316 g/mol. The van der Waals surface area contributed by atoms with Crippen molar-refractivity contribution in [2.75, 3.05) is 6.61 Å². The van der Waals surface area contributed by atoms with Crippen LogP contribution >= 0.6 is 0 Å². The molecule has 0 saturated carbocycles. The van der Waals surface area contributed by atoms with Crippen molar-refractivity contribution in [1.29, 1.82) is 0 Å². The highest BCUT2D eigenvalue weighted by Gasteiger charge is 2.34. The van der Waals surface area contributed by atoms with Gasteiger partial charge in [0, 0.05) is 0 Å². The highest BCUT2D eigenvalue weighted by molar-refractivity contribution is 4.88. The molecule has 0 rings (SSSR count). The Kier molecular flexibility index (Phi) is 7.70. The highest BCUT2D eigenvalue weighted by Crippen LogP contribution is 2.24. The van der Waals surface area contributed by atoms with E-state index in [-0.39, 0.29) is 18.7 Å². The fourth-order valence-corrected chi connectivity index (χ4v) is 1.00. The van der Waals surface area contributed by atoms with Gasteiger partial charge in [-0.25, -0.2) is 0 Å². The number of hydrogen-bond donors (Lipinski definition) is 0. The summed E-state index contributed by atoms with van der Waals surface area (Å²) in [5.41, 5.74) is -0.716. The predicted molar refractivity (Wildman–Crippen MR) is 68.6 cm³/mol. The Balaban J connectivity index is 5.22. The van der Waals surface area contributed by atoms with Gasteiger partial charge in [-0.15, -0.1) is 13.2 Å². The van der Waals surface area contributed by atoms with Crippen LogP contribution in [0.15, 0.2) is 11.9 Å². The Morgan fingerprint density at radius 3 is 2.00 bits per heavy atom. The SMILES string of the molecule is CCCOC(OOC(F)(F)F)=C(OC(C)C)OC(C)(C)C. The molecule has 0 aliphatic carbocycles. The van der Waals surface area contributed by atoms with Gasteiger partial charge in [0.15, 0.2) is 0 Å². The Bertz CT molecular complexity index is 332. The van der Waals surface area contributed by atoms with Crippen LogP contribution in [0.4, 0.5) is 13.2 Å². The van der Waals surface area contributed by atoms with Crippen LogP contribution in [0, 0.1) is 0 Å². The maximum atomic E-state index is 12.1. The molecule has 0 aromatic carbocycles. The lowest BCUT2D eigenvalue weighted by molar-refractivity contribution is -0.481. The summed E-state index contributed by atoms with van der Waals surface area (Å²) in [6.45, 7) is 10.4. The van der Waals surface area contributed by atoms with Gasteiger partial charge in [-0.2, -0.15) is 0 Å². The number of ether oxygens (including phenoxy) is 3. The van der Waals surface area contributed by atoms with Gasteiger partial charge in [0.2, 0.25) is 0 Å². The van der Waals surface area contributed by atoms with Gasteiger partial charge < -0.3 is 14.2 Å². The molecule has 5 nitrogen and oxygen atoms in total. The Labute approximate surface area is 122 Å². The first kappa shape index (κ1) is 19.7. The third-order valence-electron chi connectivity index (χ3n) is 1.56. The Morgan fingerprint density at radius 2 is 1.62 bits per heavy atom. The average Bonchev–Trinajstić information content (AvgIpc) is 2.24. The maximum Gasteiger partial charge on any atom is 0.558 e. The molecule has 0 bridgehead atoms. The normalized spacial score (nSPS) is 13.8. The van der Waals surface area contributed by atoms with Crippen LogP contribution in [0.25, 0.3) is 0 Å². The monoisotopic (exact) mass is 316 g/mol. The smallest absolute Gasteiger partial charge is 0.458 e. The molecule has 21 heavy (non-hydrogen) atoms. The van der Waals surface area contributed by atoms with Crippen LogP contribution in [-0.4, -0.2) is 24.7 Å². The topological polar surface area (TPSA) is 46.2 Å². The molecule has 0 amide bonds. The minimum absolute atomic E-state index is 0.120. The molecule has 0 fully saturated rings. The molecule has 0 aliphatic rings. The van der Waals surface area contributed by atoms with E-state index in [4.69, 9.17) is 14.2 Å². The van der Waals surface area contributed by atoms with Crippen molar-refractivity contribution in [3.8, 4) is 0 Å². The van der Waals surface area contributed by atoms with E-state index in [1.807, 2.05) is 0 Å². The van der Waals surface area contributed by atoms with Crippen LogP contribution in [0.3, 0.4) is 0 Å². The van der Waals surface area contributed by atoms with Crippen LogP contribution in [0.2, 0.25) is 0 Å². The first-order valence-corrected chi connectivity index (χ1v) is 6.59. The van der Waals surface area contributed by atoms with E-state index in [1.54, 1.807) is 41.5 Å². The van der Waals surface area contributed by atoms with Gasteiger partial charge in [-0.1, -0.05) is 11.8 Å². The minimum atomic E-state index is -4.97. The van der Waals surface area contributed by atoms with E-state index in [2.05, 4.69) is 9.78 Å². The van der Waals surface area contributed by atoms with E-state index in [0.717, 1.165) is 0 Å². The first-order chi connectivity index (χ1) is 9.44. The van der Waals surface area contributed by atoms with Crippen molar-refractivity contribution in [2.24, 2.45) is 0 Å². The number of hydrogen-bond acceptors (Lipinski definition) is 5. The van der Waals surface area contributed by atoms with Crippen molar-refractivity contribution < 1.29 is 37.2 Å². The summed E-state index contributed by atoms with van der Waals surface area (Å²) in [5.74, 6) is -0.895. The van der Waals surface area contributed by atoms with Crippen LogP contribution in [0.1, 0.15) is 48.0 Å². The number of alkyl halides is 3. The largest absolute Gasteiger partial charge is 0.558 e. The summed E-state index contributed by atoms with van der Waals surface area (Å²) in [6, 6.07) is 0. The summed E-state index contributed by atoms with van der Waals surface area (Å²) < 4.78 is 52.1. The summed E-state index contributed by atoms with van der Waals surface area (Å²) >= 11 is 0. The van der Waals surface area contributed by atoms with Gasteiger partial charge >= 0.3 is 18.3 Å². The lowest BCUT2D eigenvalue weighted by Gasteiger charge is -2.25. The van der Waals surface area contributed by atoms with Gasteiger partial charge in [-0.05, 0) is 41.0 Å². The van der Waals surface area contributed by atoms with E-state index in [0.29, 0.717) is 6.42 Å². The fraction of sp³-hybridized carbons (Fsp3) is 0.846. The molecule has 0 aliphatic heterocycles. The minimum Gasteiger partial charge on any atom is -0.458 e. The second kappa shape index (κ2) is 8.21. The van der Waals surface area contributed by atoms with E-state index < -0.39 is 17.9 Å². The maximum absolute atomic E-state index is 12.1. The van der Waals surface area contributed by atoms with Gasteiger partial charge in [0.05, 0.1) is 12.7 Å². The summed E-state index contributed by atoms with van der Waals surface area (Å²) in [7, 11) is 0. The van der Waals surface area contributed by atoms with Crippen LogP contribution in [0.5, 0.6) is 0 Å². The van der Waals surface area contributed by atoms with E-state index in [9.17, 15) is 13.2 Å².